The number of rotatable bonds is 5. The van der Waals surface area contributed by atoms with E-state index < -0.39 is 60.3 Å². The van der Waals surface area contributed by atoms with Crippen molar-refractivity contribution in [3.63, 3.8) is 0 Å². The van der Waals surface area contributed by atoms with Crippen LogP contribution in [0.25, 0.3) is 11.0 Å². The molecule has 0 radical (unpaired) electrons. The molecule has 0 unspecified atom stereocenters. The number of carbonyl (C=O) groups excluding carboxylic acids is 3. The average molecular weight is 553 g/mol. The molecule has 1 fully saturated rings. The molecular weight excluding hydrogens is 532 g/mol. The minimum absolute atomic E-state index is 0.0600. The van der Waals surface area contributed by atoms with E-state index in [0.29, 0.717) is 11.0 Å². The Balaban J connectivity index is 1.43. The molecule has 1 N–H and O–H groups in total. The number of Topliss-reactive ketones (excluding diaryl/α,β-unsaturated/α-hetero) is 1. The first kappa shape index (κ1) is 26.6. The van der Waals surface area contributed by atoms with E-state index in [9.17, 15) is 40.7 Å². The Bertz CT molecular complexity index is 1460. The van der Waals surface area contributed by atoms with Crippen LogP contribution >= 0.6 is 0 Å². The molecule has 0 bridgehead atoms. The quantitative estimate of drug-likeness (QED) is 0.472. The number of aromatic nitrogens is 3. The predicted octanol–water partition coefficient (Wildman–Crippen LogP) is 4.41. The van der Waals surface area contributed by atoms with E-state index >= 15 is 0 Å². The van der Waals surface area contributed by atoms with Gasteiger partial charge in [0.25, 0.3) is 5.91 Å². The molecule has 5 rings (SSSR count). The van der Waals surface area contributed by atoms with Crippen LogP contribution in [0.15, 0.2) is 36.7 Å². The van der Waals surface area contributed by atoms with Gasteiger partial charge in [0, 0.05) is 42.3 Å². The fourth-order valence-electron chi connectivity index (χ4n) is 5.36. The number of ketones is 1. The highest BCUT2D eigenvalue weighted by molar-refractivity contribution is 6.11. The molecule has 4 heterocycles. The lowest BCUT2D eigenvalue weighted by atomic mass is 9.72. The molecule has 2 aliphatic rings. The van der Waals surface area contributed by atoms with Gasteiger partial charge in [-0.05, 0) is 31.0 Å². The van der Waals surface area contributed by atoms with Crippen molar-refractivity contribution >= 4 is 34.3 Å². The van der Waals surface area contributed by atoms with Gasteiger partial charge < -0.3 is 9.80 Å². The number of fused-ring (bicyclic) bond motifs is 3. The molecule has 0 saturated carbocycles. The van der Waals surface area contributed by atoms with Crippen LogP contribution in [0.1, 0.15) is 47.2 Å². The fraction of sp³-hybridized carbons (Fsp3) is 0.400. The first-order valence-corrected chi connectivity index (χ1v) is 12.0. The maximum atomic E-state index is 14.1. The number of piperidine rings is 1. The van der Waals surface area contributed by atoms with Crippen molar-refractivity contribution in [2.45, 2.75) is 43.5 Å². The number of amides is 2. The highest BCUT2D eigenvalue weighted by Gasteiger charge is 2.56. The van der Waals surface area contributed by atoms with Crippen molar-refractivity contribution in [3.8, 4) is 0 Å². The Morgan fingerprint density at radius 1 is 1.05 bits per heavy atom. The highest BCUT2D eigenvalue weighted by Crippen LogP contribution is 2.52. The van der Waals surface area contributed by atoms with Gasteiger partial charge in [-0.25, -0.2) is 4.98 Å². The van der Waals surface area contributed by atoms with Gasteiger partial charge in [0.2, 0.25) is 5.91 Å². The number of H-pyrrole nitrogens is 1. The summed E-state index contributed by atoms with van der Waals surface area (Å²) in [5, 5.41) is 7.10. The zero-order chi connectivity index (χ0) is 28.2. The van der Waals surface area contributed by atoms with E-state index in [1.807, 2.05) is 0 Å². The lowest BCUT2D eigenvalue weighted by Gasteiger charge is -2.39. The molecule has 1 spiro atoms. The minimum Gasteiger partial charge on any atom is -0.339 e. The molecule has 1 saturated heterocycles. The number of hydrogen-bond acceptors (Lipinski definition) is 5. The number of anilines is 1. The van der Waals surface area contributed by atoms with Crippen molar-refractivity contribution in [2.75, 3.05) is 24.5 Å². The molecule has 1 aromatic carbocycles. The summed E-state index contributed by atoms with van der Waals surface area (Å²) in [6.07, 6.45) is -9.20. The van der Waals surface area contributed by atoms with Gasteiger partial charge in [0.15, 0.2) is 11.4 Å². The van der Waals surface area contributed by atoms with Crippen LogP contribution in [0.5, 0.6) is 0 Å². The smallest absolute Gasteiger partial charge is 0.339 e. The molecule has 8 nitrogen and oxygen atoms in total. The van der Waals surface area contributed by atoms with Gasteiger partial charge in [0.05, 0.1) is 35.7 Å². The number of benzene rings is 1. The highest BCUT2D eigenvalue weighted by atomic mass is 19.4. The zero-order valence-corrected chi connectivity index (χ0v) is 20.2. The number of nitrogens with zero attached hydrogens (tertiary/aromatic N) is 4. The monoisotopic (exact) mass is 553 g/mol. The summed E-state index contributed by atoms with van der Waals surface area (Å²) in [5.41, 5.74) is -2.47. The van der Waals surface area contributed by atoms with Crippen LogP contribution in [0.2, 0.25) is 0 Å². The third-order valence-corrected chi connectivity index (χ3v) is 7.24. The Morgan fingerprint density at radius 2 is 1.77 bits per heavy atom. The van der Waals surface area contributed by atoms with Crippen molar-refractivity contribution < 1.29 is 40.7 Å². The average Bonchev–Trinajstić information content (AvgIpc) is 3.44. The number of halogens is 6. The van der Waals surface area contributed by atoms with Crippen LogP contribution in [-0.2, 0) is 21.2 Å². The van der Waals surface area contributed by atoms with Gasteiger partial charge in [0.1, 0.15) is 0 Å². The van der Waals surface area contributed by atoms with Crippen molar-refractivity contribution in [2.24, 2.45) is 0 Å². The molecule has 2 aliphatic heterocycles. The zero-order valence-electron chi connectivity index (χ0n) is 20.2. The van der Waals surface area contributed by atoms with E-state index in [4.69, 9.17) is 0 Å². The van der Waals surface area contributed by atoms with Gasteiger partial charge in [-0.3, -0.25) is 19.5 Å². The second kappa shape index (κ2) is 9.35. The number of pyridine rings is 1. The largest absolute Gasteiger partial charge is 0.416 e. The third kappa shape index (κ3) is 4.83. The molecule has 2 aromatic heterocycles. The standard InChI is InChI=1S/C25H21F6N5O3/c26-24(27,28)5-4-16(37)13-36-18-3-1-2-17(25(29,30)31)19(18)23(22(36)39)6-8-35(9-7-23)21(38)15-10-14-12-33-34-20(14)32-11-15/h1-3,10-12H,4-9,13H2,(H,32,33,34). The summed E-state index contributed by atoms with van der Waals surface area (Å²) in [4.78, 5) is 45.5. The number of nitrogens with one attached hydrogen (secondary N) is 1. The number of likely N-dealkylation sites (tertiary alicyclic amines) is 1. The summed E-state index contributed by atoms with van der Waals surface area (Å²) >= 11 is 0. The second-order valence-corrected chi connectivity index (χ2v) is 9.65. The van der Waals surface area contributed by atoms with Crippen LogP contribution in [-0.4, -0.2) is 63.5 Å². The molecular formula is C25H21F6N5O3. The molecule has 14 heteroatoms. The van der Waals surface area contributed by atoms with Crippen molar-refractivity contribution in [3.05, 3.63) is 53.3 Å². The number of aromatic amines is 1. The van der Waals surface area contributed by atoms with Crippen molar-refractivity contribution in [1.82, 2.24) is 20.1 Å². The summed E-state index contributed by atoms with van der Waals surface area (Å²) in [7, 11) is 0. The topological polar surface area (TPSA) is 99.3 Å². The summed E-state index contributed by atoms with van der Waals surface area (Å²) < 4.78 is 80.0. The predicted molar refractivity (Wildman–Crippen MR) is 125 cm³/mol. The Labute approximate surface area is 217 Å². The summed E-state index contributed by atoms with van der Waals surface area (Å²) in [5.74, 6) is -2.13. The van der Waals surface area contributed by atoms with Gasteiger partial charge in [-0.15, -0.1) is 0 Å². The molecule has 206 valence electrons. The number of hydrogen-bond donors (Lipinski definition) is 1. The first-order valence-electron chi connectivity index (χ1n) is 12.0. The van der Waals surface area contributed by atoms with Crippen LogP contribution in [0.4, 0.5) is 32.0 Å². The van der Waals surface area contributed by atoms with Gasteiger partial charge >= 0.3 is 12.4 Å². The Hall–Kier alpha value is -3.97. The maximum Gasteiger partial charge on any atom is 0.416 e. The molecule has 3 aromatic rings. The molecule has 0 atom stereocenters. The third-order valence-electron chi connectivity index (χ3n) is 7.24. The normalized spacial score (nSPS) is 17.2. The van der Waals surface area contributed by atoms with Gasteiger partial charge in [-0.2, -0.15) is 31.4 Å². The molecule has 0 aliphatic carbocycles. The SMILES string of the molecule is O=C(CCC(F)(F)F)CN1C(=O)C2(CCN(C(=O)c3cnc4[nH]ncc4c3)CC2)c2c1cccc2C(F)(F)F. The lowest BCUT2D eigenvalue weighted by molar-refractivity contribution is -0.142. The number of carbonyl (C=O) groups is 3. The van der Waals surface area contributed by atoms with Crippen molar-refractivity contribution in [1.29, 1.82) is 0 Å². The van der Waals surface area contributed by atoms with Crippen LogP contribution in [0.3, 0.4) is 0 Å². The van der Waals surface area contributed by atoms with E-state index in [1.165, 1.54) is 23.4 Å². The molecule has 2 amide bonds. The van der Waals surface area contributed by atoms with E-state index in [1.54, 1.807) is 6.07 Å². The Morgan fingerprint density at radius 3 is 2.44 bits per heavy atom. The lowest BCUT2D eigenvalue weighted by Crippen LogP contribution is -2.51. The second-order valence-electron chi connectivity index (χ2n) is 9.65. The molecule has 39 heavy (non-hydrogen) atoms. The van der Waals surface area contributed by atoms with Crippen LogP contribution in [0, 0.1) is 0 Å². The Kier molecular flexibility index (Phi) is 6.38. The maximum absolute atomic E-state index is 14.1. The minimum atomic E-state index is -4.83. The number of alkyl halides is 6. The van der Waals surface area contributed by atoms with E-state index in [-0.39, 0.29) is 42.7 Å². The van der Waals surface area contributed by atoms with Crippen LogP contribution < -0.4 is 4.90 Å². The van der Waals surface area contributed by atoms with E-state index in [2.05, 4.69) is 15.2 Å². The first-order chi connectivity index (χ1) is 18.3. The van der Waals surface area contributed by atoms with E-state index in [0.717, 1.165) is 17.0 Å². The fourth-order valence-corrected chi connectivity index (χ4v) is 5.36. The summed E-state index contributed by atoms with van der Waals surface area (Å²) in [6, 6.07) is 4.77. The summed E-state index contributed by atoms with van der Waals surface area (Å²) in [6.45, 7) is -0.894. The van der Waals surface area contributed by atoms with Gasteiger partial charge in [-0.1, -0.05) is 6.07 Å².